The molecule has 0 aromatic heterocycles. The van der Waals surface area contributed by atoms with E-state index in [9.17, 15) is 9.59 Å². The van der Waals surface area contributed by atoms with Gasteiger partial charge in [0.25, 0.3) is 0 Å². The van der Waals surface area contributed by atoms with Crippen molar-refractivity contribution in [2.75, 3.05) is 10.6 Å². The van der Waals surface area contributed by atoms with Crippen molar-refractivity contribution < 1.29 is 9.59 Å². The summed E-state index contributed by atoms with van der Waals surface area (Å²) in [5.41, 5.74) is 1.37. The molecule has 0 spiro atoms. The Morgan fingerprint density at radius 2 is 1.82 bits per heavy atom. The molecule has 1 aliphatic carbocycles. The van der Waals surface area contributed by atoms with Crippen LogP contribution in [0.4, 0.5) is 16.2 Å². The number of urea groups is 1. The Bertz CT molecular complexity index is 530. The molecular weight excluding hydrogens is 278 g/mol. The Balaban J connectivity index is 1.90. The van der Waals surface area contributed by atoms with Crippen molar-refractivity contribution >= 4 is 23.3 Å². The first-order chi connectivity index (χ1) is 10.6. The molecule has 2 atom stereocenters. The number of benzene rings is 1. The molecule has 1 aromatic carbocycles. The van der Waals surface area contributed by atoms with Crippen LogP contribution in [0.15, 0.2) is 24.3 Å². The molecule has 3 N–H and O–H groups in total. The molecule has 1 aliphatic rings. The monoisotopic (exact) mass is 303 g/mol. The van der Waals surface area contributed by atoms with Gasteiger partial charge in [-0.05, 0) is 37.0 Å². The molecule has 0 saturated heterocycles. The molecule has 3 amide bonds. The summed E-state index contributed by atoms with van der Waals surface area (Å²) >= 11 is 0. The lowest BCUT2D eigenvalue weighted by molar-refractivity contribution is -0.115. The Morgan fingerprint density at radius 3 is 2.50 bits per heavy atom. The van der Waals surface area contributed by atoms with Gasteiger partial charge in [0.2, 0.25) is 5.91 Å². The second-order valence-electron chi connectivity index (χ2n) is 5.95. The van der Waals surface area contributed by atoms with Crippen LogP contribution in [0.25, 0.3) is 0 Å². The van der Waals surface area contributed by atoms with Crippen LogP contribution in [-0.4, -0.2) is 18.0 Å². The minimum absolute atomic E-state index is 0.0439. The highest BCUT2D eigenvalue weighted by Gasteiger charge is 2.22. The zero-order valence-electron chi connectivity index (χ0n) is 13.3. The van der Waals surface area contributed by atoms with Crippen molar-refractivity contribution in [2.45, 2.75) is 52.0 Å². The minimum Gasteiger partial charge on any atom is -0.335 e. The number of amides is 3. The van der Waals surface area contributed by atoms with E-state index in [0.717, 1.165) is 6.42 Å². The molecule has 0 unspecified atom stereocenters. The molecule has 5 heteroatoms. The van der Waals surface area contributed by atoms with E-state index in [-0.39, 0.29) is 18.0 Å². The molecular formula is C17H25N3O2. The van der Waals surface area contributed by atoms with Gasteiger partial charge in [-0.1, -0.05) is 32.8 Å². The van der Waals surface area contributed by atoms with E-state index in [1.54, 1.807) is 19.1 Å². The summed E-state index contributed by atoms with van der Waals surface area (Å²) in [5.74, 6) is 0.479. The normalized spacial score (nSPS) is 21.0. The Hall–Kier alpha value is -2.04. The van der Waals surface area contributed by atoms with E-state index in [1.165, 1.54) is 19.3 Å². The number of carbonyl (C=O) groups excluding carboxylic acids is 2. The maximum atomic E-state index is 12.1. The molecule has 0 bridgehead atoms. The smallest absolute Gasteiger partial charge is 0.319 e. The van der Waals surface area contributed by atoms with Gasteiger partial charge in [-0.25, -0.2) is 4.79 Å². The van der Waals surface area contributed by atoms with Gasteiger partial charge in [-0.15, -0.1) is 0 Å². The summed E-state index contributed by atoms with van der Waals surface area (Å²) in [6, 6.07) is 7.25. The molecule has 5 nitrogen and oxygen atoms in total. The lowest BCUT2D eigenvalue weighted by Gasteiger charge is -2.29. The number of hydrogen-bond donors (Lipinski definition) is 3. The van der Waals surface area contributed by atoms with Crippen molar-refractivity contribution in [1.29, 1.82) is 0 Å². The molecule has 1 aromatic rings. The van der Waals surface area contributed by atoms with Crippen LogP contribution in [0.2, 0.25) is 0 Å². The lowest BCUT2D eigenvalue weighted by atomic mass is 9.86. The Kier molecular flexibility index (Phi) is 5.81. The molecule has 22 heavy (non-hydrogen) atoms. The highest BCUT2D eigenvalue weighted by Crippen LogP contribution is 2.24. The minimum atomic E-state index is -0.183. The Labute approximate surface area is 131 Å². The van der Waals surface area contributed by atoms with Crippen molar-refractivity contribution in [3.63, 3.8) is 0 Å². The standard InChI is InChI=1S/C17H25N3O2/c1-3-16(21)18-13-8-6-9-14(11-13)19-17(22)20-15-10-5-4-7-12(15)2/h6,8-9,11-12,15H,3-5,7,10H2,1-2H3,(H,18,21)(H2,19,20,22)/t12-,15+/m0/s1. The van der Waals surface area contributed by atoms with Crippen LogP contribution < -0.4 is 16.0 Å². The number of anilines is 2. The molecule has 1 saturated carbocycles. The largest absolute Gasteiger partial charge is 0.335 e. The molecule has 120 valence electrons. The summed E-state index contributed by atoms with van der Waals surface area (Å²) in [4.78, 5) is 23.5. The average Bonchev–Trinajstić information content (AvgIpc) is 2.50. The summed E-state index contributed by atoms with van der Waals surface area (Å²) < 4.78 is 0. The van der Waals surface area contributed by atoms with Crippen molar-refractivity contribution in [2.24, 2.45) is 5.92 Å². The van der Waals surface area contributed by atoms with Crippen LogP contribution in [0.3, 0.4) is 0 Å². The van der Waals surface area contributed by atoms with Crippen LogP contribution >= 0.6 is 0 Å². The second-order valence-corrected chi connectivity index (χ2v) is 5.95. The van der Waals surface area contributed by atoms with Crippen LogP contribution in [-0.2, 0) is 4.79 Å². The van der Waals surface area contributed by atoms with Gasteiger partial charge in [0.05, 0.1) is 0 Å². The third-order valence-electron chi connectivity index (χ3n) is 4.15. The fourth-order valence-electron chi connectivity index (χ4n) is 2.79. The summed E-state index contributed by atoms with van der Waals surface area (Å²) in [5, 5.41) is 8.67. The average molecular weight is 303 g/mol. The Morgan fingerprint density at radius 1 is 1.14 bits per heavy atom. The van der Waals surface area contributed by atoms with E-state index in [0.29, 0.717) is 23.7 Å². The van der Waals surface area contributed by atoms with Gasteiger partial charge in [-0.3, -0.25) is 4.79 Å². The van der Waals surface area contributed by atoms with Gasteiger partial charge in [0.15, 0.2) is 0 Å². The lowest BCUT2D eigenvalue weighted by Crippen LogP contribution is -2.43. The predicted octanol–water partition coefficient (Wildman–Crippen LogP) is 3.74. The third-order valence-corrected chi connectivity index (χ3v) is 4.15. The van der Waals surface area contributed by atoms with Gasteiger partial charge >= 0.3 is 6.03 Å². The number of hydrogen-bond acceptors (Lipinski definition) is 2. The second kappa shape index (κ2) is 7.82. The van der Waals surface area contributed by atoms with Crippen molar-refractivity contribution in [3.8, 4) is 0 Å². The van der Waals surface area contributed by atoms with Gasteiger partial charge < -0.3 is 16.0 Å². The quantitative estimate of drug-likeness (QED) is 0.793. The third kappa shape index (κ3) is 4.76. The van der Waals surface area contributed by atoms with Crippen molar-refractivity contribution in [3.05, 3.63) is 24.3 Å². The number of rotatable bonds is 4. The molecule has 2 rings (SSSR count). The van der Waals surface area contributed by atoms with Gasteiger partial charge in [-0.2, -0.15) is 0 Å². The first-order valence-electron chi connectivity index (χ1n) is 8.06. The maximum absolute atomic E-state index is 12.1. The summed E-state index contributed by atoms with van der Waals surface area (Å²) in [6.07, 6.45) is 5.07. The highest BCUT2D eigenvalue weighted by molar-refractivity contribution is 5.93. The molecule has 0 heterocycles. The van der Waals surface area contributed by atoms with E-state index in [1.807, 2.05) is 12.1 Å². The van der Waals surface area contributed by atoms with E-state index < -0.39 is 0 Å². The number of nitrogens with one attached hydrogen (secondary N) is 3. The van der Waals surface area contributed by atoms with Crippen LogP contribution in [0.5, 0.6) is 0 Å². The van der Waals surface area contributed by atoms with Crippen LogP contribution in [0.1, 0.15) is 46.0 Å². The van der Waals surface area contributed by atoms with Gasteiger partial charge in [0.1, 0.15) is 0 Å². The fraction of sp³-hybridized carbons (Fsp3) is 0.529. The SMILES string of the molecule is CCC(=O)Nc1cccc(NC(=O)N[C@@H]2CCCC[C@@H]2C)c1. The first kappa shape index (κ1) is 16.3. The molecule has 0 radical (unpaired) electrons. The van der Waals surface area contributed by atoms with E-state index in [2.05, 4.69) is 22.9 Å². The number of carbonyl (C=O) groups is 2. The van der Waals surface area contributed by atoms with Gasteiger partial charge in [0, 0.05) is 23.8 Å². The zero-order chi connectivity index (χ0) is 15.9. The highest BCUT2D eigenvalue weighted by atomic mass is 16.2. The van der Waals surface area contributed by atoms with E-state index in [4.69, 9.17) is 0 Å². The fourth-order valence-corrected chi connectivity index (χ4v) is 2.79. The molecule has 1 fully saturated rings. The first-order valence-corrected chi connectivity index (χ1v) is 8.06. The summed E-state index contributed by atoms with van der Waals surface area (Å²) in [6.45, 7) is 3.99. The zero-order valence-corrected chi connectivity index (χ0v) is 13.3. The van der Waals surface area contributed by atoms with Crippen molar-refractivity contribution in [1.82, 2.24) is 5.32 Å². The van der Waals surface area contributed by atoms with E-state index >= 15 is 0 Å². The van der Waals surface area contributed by atoms with Crippen LogP contribution in [0, 0.1) is 5.92 Å². The summed E-state index contributed by atoms with van der Waals surface area (Å²) in [7, 11) is 0. The maximum Gasteiger partial charge on any atom is 0.319 e. The molecule has 0 aliphatic heterocycles. The topological polar surface area (TPSA) is 70.2 Å². The predicted molar refractivity (Wildman–Crippen MR) is 88.9 cm³/mol.